The van der Waals surface area contributed by atoms with E-state index in [1.807, 2.05) is 18.2 Å². The molecule has 2 aliphatic heterocycles. The molecule has 0 saturated carbocycles. The Labute approximate surface area is 119 Å². The number of anilines is 2. The minimum Gasteiger partial charge on any atom is -0.398 e. The molecule has 5 nitrogen and oxygen atoms in total. The van der Waals surface area contributed by atoms with Gasteiger partial charge >= 0.3 is 0 Å². The molecule has 0 aliphatic carbocycles. The number of nitrogens with zero attached hydrogens (tertiary/aromatic N) is 3. The third kappa shape index (κ3) is 2.58. The summed E-state index contributed by atoms with van der Waals surface area (Å²) >= 11 is 0. The zero-order valence-corrected chi connectivity index (χ0v) is 11.6. The van der Waals surface area contributed by atoms with Crippen molar-refractivity contribution in [2.45, 2.75) is 12.5 Å². The molecule has 3 rings (SSSR count). The minimum atomic E-state index is 0.556. The van der Waals surface area contributed by atoms with Gasteiger partial charge in [0.1, 0.15) is 6.07 Å². The number of benzene rings is 1. The summed E-state index contributed by atoms with van der Waals surface area (Å²) in [4.78, 5) is 4.87. The van der Waals surface area contributed by atoms with E-state index in [2.05, 4.69) is 15.9 Å². The molecule has 0 amide bonds. The molecule has 2 N–H and O–H groups in total. The van der Waals surface area contributed by atoms with Crippen LogP contribution in [0.2, 0.25) is 0 Å². The summed E-state index contributed by atoms with van der Waals surface area (Å²) < 4.78 is 5.41. The molecule has 2 heterocycles. The van der Waals surface area contributed by atoms with Crippen LogP contribution in [0.1, 0.15) is 12.0 Å². The van der Waals surface area contributed by atoms with E-state index in [1.165, 1.54) is 6.42 Å². The molecular weight excluding hydrogens is 252 g/mol. The lowest BCUT2D eigenvalue weighted by molar-refractivity contribution is 0.0209. The highest BCUT2D eigenvalue weighted by atomic mass is 16.5. The average molecular weight is 272 g/mol. The number of hydrogen-bond donors (Lipinski definition) is 1. The summed E-state index contributed by atoms with van der Waals surface area (Å²) in [5, 5.41) is 9.07. The van der Waals surface area contributed by atoms with Gasteiger partial charge in [0.2, 0.25) is 0 Å². The molecule has 1 aromatic rings. The maximum Gasteiger partial charge on any atom is 0.101 e. The van der Waals surface area contributed by atoms with Gasteiger partial charge in [-0.25, -0.2) is 0 Å². The second-order valence-electron chi connectivity index (χ2n) is 5.42. The molecule has 0 radical (unpaired) electrons. The molecule has 0 spiro atoms. The van der Waals surface area contributed by atoms with E-state index >= 15 is 0 Å². The zero-order valence-electron chi connectivity index (χ0n) is 11.6. The van der Waals surface area contributed by atoms with Crippen molar-refractivity contribution in [1.82, 2.24) is 4.90 Å². The van der Waals surface area contributed by atoms with E-state index in [1.54, 1.807) is 0 Å². The summed E-state index contributed by atoms with van der Waals surface area (Å²) in [5.74, 6) is 0. The highest BCUT2D eigenvalue weighted by molar-refractivity contribution is 5.63. The monoisotopic (exact) mass is 272 g/mol. The molecule has 2 saturated heterocycles. The van der Waals surface area contributed by atoms with Crippen LogP contribution in [0.4, 0.5) is 11.4 Å². The lowest BCUT2D eigenvalue weighted by Crippen LogP contribution is -2.44. The molecule has 1 aromatic carbocycles. The second kappa shape index (κ2) is 5.70. The third-order valence-electron chi connectivity index (χ3n) is 4.25. The minimum absolute atomic E-state index is 0.556. The first kappa shape index (κ1) is 13.2. The maximum atomic E-state index is 9.07. The molecule has 1 atom stereocenters. The van der Waals surface area contributed by atoms with Crippen LogP contribution in [0.5, 0.6) is 0 Å². The predicted molar refractivity (Wildman–Crippen MR) is 78.6 cm³/mol. The van der Waals surface area contributed by atoms with Crippen molar-refractivity contribution in [3.63, 3.8) is 0 Å². The lowest BCUT2D eigenvalue weighted by Gasteiger charge is -2.32. The van der Waals surface area contributed by atoms with Crippen molar-refractivity contribution >= 4 is 11.4 Å². The first-order chi connectivity index (χ1) is 9.78. The zero-order chi connectivity index (χ0) is 13.9. The average Bonchev–Trinajstić information content (AvgIpc) is 2.98. The molecule has 2 fully saturated rings. The predicted octanol–water partition coefficient (Wildman–Crippen LogP) is 1.05. The first-order valence-electron chi connectivity index (χ1n) is 7.14. The molecule has 0 bridgehead atoms. The van der Waals surface area contributed by atoms with Crippen LogP contribution in [0, 0.1) is 11.3 Å². The van der Waals surface area contributed by atoms with E-state index in [0.29, 0.717) is 17.3 Å². The summed E-state index contributed by atoms with van der Waals surface area (Å²) in [7, 11) is 0. The Hall–Kier alpha value is -1.77. The van der Waals surface area contributed by atoms with Gasteiger partial charge in [-0.2, -0.15) is 5.26 Å². The summed E-state index contributed by atoms with van der Waals surface area (Å²) in [6.45, 7) is 5.81. The van der Waals surface area contributed by atoms with Crippen LogP contribution in [0.25, 0.3) is 0 Å². The Morgan fingerprint density at radius 2 is 2.05 bits per heavy atom. The Morgan fingerprint density at radius 1 is 1.25 bits per heavy atom. The van der Waals surface area contributed by atoms with Gasteiger partial charge in [-0.3, -0.25) is 4.90 Å². The number of ether oxygens (including phenoxy) is 1. The first-order valence-corrected chi connectivity index (χ1v) is 7.14. The fourth-order valence-electron chi connectivity index (χ4n) is 3.05. The molecule has 5 heteroatoms. The van der Waals surface area contributed by atoms with Gasteiger partial charge < -0.3 is 15.4 Å². The van der Waals surface area contributed by atoms with Gasteiger partial charge in [-0.05, 0) is 24.6 Å². The fourth-order valence-corrected chi connectivity index (χ4v) is 3.05. The van der Waals surface area contributed by atoms with Crippen LogP contribution < -0.4 is 10.6 Å². The summed E-state index contributed by atoms with van der Waals surface area (Å²) in [5.41, 5.74) is 8.01. The Balaban J connectivity index is 1.69. The summed E-state index contributed by atoms with van der Waals surface area (Å²) in [6, 6.07) is 8.50. The van der Waals surface area contributed by atoms with Crippen molar-refractivity contribution in [3.05, 3.63) is 23.8 Å². The van der Waals surface area contributed by atoms with Crippen molar-refractivity contribution in [1.29, 1.82) is 5.26 Å². The van der Waals surface area contributed by atoms with Gasteiger partial charge in [-0.1, -0.05) is 0 Å². The maximum absolute atomic E-state index is 9.07. The van der Waals surface area contributed by atoms with Crippen LogP contribution in [0.3, 0.4) is 0 Å². The highest BCUT2D eigenvalue weighted by Gasteiger charge is 2.28. The van der Waals surface area contributed by atoms with E-state index in [-0.39, 0.29) is 0 Å². The van der Waals surface area contributed by atoms with Gasteiger partial charge in [-0.15, -0.1) is 0 Å². The molecule has 1 unspecified atom stereocenters. The molecule has 2 aliphatic rings. The molecule has 106 valence electrons. The van der Waals surface area contributed by atoms with Crippen LogP contribution in [0.15, 0.2) is 18.2 Å². The third-order valence-corrected chi connectivity index (χ3v) is 4.25. The van der Waals surface area contributed by atoms with Crippen LogP contribution >= 0.6 is 0 Å². The van der Waals surface area contributed by atoms with E-state index in [0.717, 1.165) is 45.1 Å². The highest BCUT2D eigenvalue weighted by Crippen LogP contribution is 2.26. The van der Waals surface area contributed by atoms with Gasteiger partial charge in [0.05, 0.1) is 18.8 Å². The van der Waals surface area contributed by atoms with Crippen molar-refractivity contribution in [2.75, 3.05) is 50.0 Å². The Kier molecular flexibility index (Phi) is 3.77. The Bertz CT molecular complexity index is 519. The van der Waals surface area contributed by atoms with Crippen molar-refractivity contribution in [2.24, 2.45) is 0 Å². The molecule has 20 heavy (non-hydrogen) atoms. The molecular formula is C15H20N4O. The SMILES string of the molecule is N#Cc1cc(N2CCC(N3CCOCC3)C2)ccc1N. The van der Waals surface area contributed by atoms with E-state index in [9.17, 15) is 0 Å². The number of nitriles is 1. The normalized spacial score (nSPS) is 23.8. The number of rotatable bonds is 2. The second-order valence-corrected chi connectivity index (χ2v) is 5.42. The molecule has 0 aromatic heterocycles. The fraction of sp³-hybridized carbons (Fsp3) is 0.533. The smallest absolute Gasteiger partial charge is 0.101 e. The number of hydrogen-bond acceptors (Lipinski definition) is 5. The van der Waals surface area contributed by atoms with Crippen LogP contribution in [-0.4, -0.2) is 50.3 Å². The van der Waals surface area contributed by atoms with Crippen molar-refractivity contribution < 1.29 is 4.74 Å². The van der Waals surface area contributed by atoms with Gasteiger partial charge in [0.25, 0.3) is 0 Å². The number of morpholine rings is 1. The number of nitrogen functional groups attached to an aromatic ring is 1. The van der Waals surface area contributed by atoms with Gasteiger partial charge in [0.15, 0.2) is 0 Å². The van der Waals surface area contributed by atoms with E-state index in [4.69, 9.17) is 15.7 Å². The van der Waals surface area contributed by atoms with Crippen LogP contribution in [-0.2, 0) is 4.74 Å². The topological polar surface area (TPSA) is 65.5 Å². The number of nitrogens with two attached hydrogens (primary N) is 1. The quantitative estimate of drug-likeness (QED) is 0.815. The lowest BCUT2D eigenvalue weighted by atomic mass is 10.1. The van der Waals surface area contributed by atoms with E-state index < -0.39 is 0 Å². The summed E-state index contributed by atoms with van der Waals surface area (Å²) in [6.07, 6.45) is 1.17. The standard InChI is InChI=1S/C15H20N4O/c16-10-12-9-13(1-2-15(12)17)19-4-3-14(11-19)18-5-7-20-8-6-18/h1-2,9,14H,3-8,11,17H2. The Morgan fingerprint density at radius 3 is 2.80 bits per heavy atom. The largest absolute Gasteiger partial charge is 0.398 e. The van der Waals surface area contributed by atoms with Crippen molar-refractivity contribution in [3.8, 4) is 6.07 Å². The van der Waals surface area contributed by atoms with Gasteiger partial charge in [0, 0.05) is 43.6 Å².